The predicted octanol–water partition coefficient (Wildman–Crippen LogP) is 4.23. The van der Waals surface area contributed by atoms with E-state index in [-0.39, 0.29) is 5.91 Å². The van der Waals surface area contributed by atoms with Crippen molar-refractivity contribution in [2.75, 3.05) is 26.2 Å². The molecule has 5 heteroatoms. The molecule has 0 radical (unpaired) electrons. The van der Waals surface area contributed by atoms with E-state index in [0.717, 1.165) is 32.7 Å². The quantitative estimate of drug-likeness (QED) is 0.744. The number of halogens is 1. The van der Waals surface area contributed by atoms with Crippen molar-refractivity contribution in [3.05, 3.63) is 65.2 Å². The first-order chi connectivity index (χ1) is 13.0. The highest BCUT2D eigenvalue weighted by Crippen LogP contribution is 2.26. The lowest BCUT2D eigenvalue weighted by Crippen LogP contribution is -2.56. The summed E-state index contributed by atoms with van der Waals surface area (Å²) in [6.07, 6.45) is 0.600. The van der Waals surface area contributed by atoms with Gasteiger partial charge in [-0.25, -0.2) is 0 Å². The third kappa shape index (κ3) is 5.02. The Balaban J connectivity index is 1.59. The molecule has 0 aliphatic carbocycles. The fourth-order valence-corrected chi connectivity index (χ4v) is 3.52. The number of ether oxygens (including phenoxy) is 1. The normalized spacial score (nSPS) is 17.4. The Morgan fingerprint density at radius 3 is 2.41 bits per heavy atom. The highest BCUT2D eigenvalue weighted by Gasteiger charge is 2.38. The molecule has 0 N–H and O–H groups in total. The van der Waals surface area contributed by atoms with Gasteiger partial charge in [0.25, 0.3) is 5.91 Å². The first-order valence-electron chi connectivity index (χ1n) is 9.50. The summed E-state index contributed by atoms with van der Waals surface area (Å²) in [6, 6.07) is 17.7. The second-order valence-corrected chi connectivity index (χ2v) is 7.63. The summed E-state index contributed by atoms with van der Waals surface area (Å²) in [5, 5.41) is 0.605. The maximum Gasteiger partial charge on any atom is 0.266 e. The Bertz CT molecular complexity index is 760. The molecule has 1 unspecified atom stereocenters. The van der Waals surface area contributed by atoms with Gasteiger partial charge in [0.2, 0.25) is 0 Å². The van der Waals surface area contributed by atoms with Gasteiger partial charge in [0.1, 0.15) is 5.75 Å². The number of nitrogens with zero attached hydrogens (tertiary/aromatic N) is 2. The Morgan fingerprint density at radius 2 is 1.78 bits per heavy atom. The molecule has 1 aliphatic rings. The summed E-state index contributed by atoms with van der Waals surface area (Å²) in [5.41, 5.74) is 0.423. The zero-order valence-electron chi connectivity index (χ0n) is 16.0. The lowest BCUT2D eigenvalue weighted by atomic mass is 10.0. The van der Waals surface area contributed by atoms with Crippen molar-refractivity contribution in [1.82, 2.24) is 9.80 Å². The summed E-state index contributed by atoms with van der Waals surface area (Å²) in [6.45, 7) is 7.96. The van der Waals surface area contributed by atoms with Gasteiger partial charge < -0.3 is 9.64 Å². The molecule has 2 aromatic carbocycles. The van der Waals surface area contributed by atoms with Crippen LogP contribution >= 0.6 is 11.6 Å². The molecule has 0 aromatic heterocycles. The summed E-state index contributed by atoms with van der Waals surface area (Å²) in [7, 11) is 0. The van der Waals surface area contributed by atoms with E-state index in [4.69, 9.17) is 16.3 Å². The van der Waals surface area contributed by atoms with Crippen molar-refractivity contribution in [2.24, 2.45) is 0 Å². The SMILES string of the molecule is CCC(C)(Oc1cccc(Cl)c1)C(=O)N1CCN(Cc2ccccc2)CC1. The van der Waals surface area contributed by atoms with Crippen LogP contribution in [-0.4, -0.2) is 47.5 Å². The van der Waals surface area contributed by atoms with Crippen LogP contribution in [0.25, 0.3) is 0 Å². The molecule has 27 heavy (non-hydrogen) atoms. The van der Waals surface area contributed by atoms with Crippen molar-refractivity contribution in [3.63, 3.8) is 0 Å². The lowest BCUT2D eigenvalue weighted by Gasteiger charge is -2.39. The molecule has 0 bridgehead atoms. The molecule has 0 spiro atoms. The van der Waals surface area contributed by atoms with Crippen molar-refractivity contribution in [1.29, 1.82) is 0 Å². The highest BCUT2D eigenvalue weighted by atomic mass is 35.5. The van der Waals surface area contributed by atoms with Crippen LogP contribution in [0.4, 0.5) is 0 Å². The smallest absolute Gasteiger partial charge is 0.266 e. The fraction of sp³-hybridized carbons (Fsp3) is 0.409. The molecular weight excluding hydrogens is 360 g/mol. The fourth-order valence-electron chi connectivity index (χ4n) is 3.34. The van der Waals surface area contributed by atoms with Gasteiger partial charge in [0.15, 0.2) is 5.60 Å². The van der Waals surface area contributed by atoms with E-state index in [1.54, 1.807) is 12.1 Å². The Labute approximate surface area is 166 Å². The number of rotatable bonds is 6. The zero-order chi connectivity index (χ0) is 19.3. The summed E-state index contributed by atoms with van der Waals surface area (Å²) in [5.74, 6) is 0.673. The van der Waals surface area contributed by atoms with Gasteiger partial charge in [-0.15, -0.1) is 0 Å². The molecule has 1 heterocycles. The van der Waals surface area contributed by atoms with E-state index in [1.807, 2.05) is 36.9 Å². The predicted molar refractivity (Wildman–Crippen MR) is 109 cm³/mol. The Hall–Kier alpha value is -2.04. The van der Waals surface area contributed by atoms with Gasteiger partial charge >= 0.3 is 0 Å². The molecule has 1 saturated heterocycles. The second-order valence-electron chi connectivity index (χ2n) is 7.20. The van der Waals surface area contributed by atoms with E-state index in [2.05, 4.69) is 29.2 Å². The largest absolute Gasteiger partial charge is 0.478 e. The van der Waals surface area contributed by atoms with Gasteiger partial charge in [-0.05, 0) is 37.1 Å². The monoisotopic (exact) mass is 386 g/mol. The molecule has 1 aliphatic heterocycles. The molecule has 1 atom stereocenters. The number of hydrogen-bond acceptors (Lipinski definition) is 3. The van der Waals surface area contributed by atoms with Crippen molar-refractivity contribution in [3.8, 4) is 5.75 Å². The Kier molecular flexibility index (Phi) is 6.40. The molecule has 3 rings (SSSR count). The molecular formula is C22H27ClN2O2. The number of carbonyl (C=O) groups excluding carboxylic acids is 1. The van der Waals surface area contributed by atoms with Crippen LogP contribution in [0.1, 0.15) is 25.8 Å². The second kappa shape index (κ2) is 8.77. The van der Waals surface area contributed by atoms with Crippen molar-refractivity contribution in [2.45, 2.75) is 32.4 Å². The van der Waals surface area contributed by atoms with E-state index in [9.17, 15) is 4.79 Å². The van der Waals surface area contributed by atoms with Gasteiger partial charge in [-0.3, -0.25) is 9.69 Å². The minimum absolute atomic E-state index is 0.0457. The lowest BCUT2D eigenvalue weighted by molar-refractivity contribution is -0.149. The van der Waals surface area contributed by atoms with Crippen molar-refractivity contribution >= 4 is 17.5 Å². The van der Waals surface area contributed by atoms with Crippen LogP contribution in [0.15, 0.2) is 54.6 Å². The van der Waals surface area contributed by atoms with Crippen LogP contribution in [0, 0.1) is 0 Å². The maximum atomic E-state index is 13.2. The molecule has 0 saturated carbocycles. The number of hydrogen-bond donors (Lipinski definition) is 0. The van der Waals surface area contributed by atoms with Crippen LogP contribution in [-0.2, 0) is 11.3 Å². The number of amides is 1. The molecule has 1 amide bonds. The average Bonchev–Trinajstić information content (AvgIpc) is 2.69. The number of benzene rings is 2. The standard InChI is InChI=1S/C22H27ClN2O2/c1-3-22(2,27-20-11-7-10-19(23)16-20)21(26)25-14-12-24(13-15-25)17-18-8-5-4-6-9-18/h4-11,16H,3,12-15,17H2,1-2H3. The zero-order valence-corrected chi connectivity index (χ0v) is 16.8. The molecule has 144 valence electrons. The van der Waals surface area contributed by atoms with Crippen LogP contribution in [0.2, 0.25) is 5.02 Å². The van der Waals surface area contributed by atoms with Crippen LogP contribution in [0.3, 0.4) is 0 Å². The van der Waals surface area contributed by atoms with Gasteiger partial charge in [0.05, 0.1) is 0 Å². The third-order valence-electron chi connectivity index (χ3n) is 5.17. The first kappa shape index (κ1) is 19.7. The number of carbonyl (C=O) groups is 1. The summed E-state index contributed by atoms with van der Waals surface area (Å²) >= 11 is 6.05. The minimum atomic E-state index is -0.883. The minimum Gasteiger partial charge on any atom is -0.478 e. The van der Waals surface area contributed by atoms with Gasteiger partial charge in [0, 0.05) is 37.7 Å². The van der Waals surface area contributed by atoms with Crippen molar-refractivity contribution < 1.29 is 9.53 Å². The number of piperazine rings is 1. The van der Waals surface area contributed by atoms with Gasteiger partial charge in [-0.2, -0.15) is 0 Å². The van der Waals surface area contributed by atoms with Gasteiger partial charge in [-0.1, -0.05) is 54.9 Å². The van der Waals surface area contributed by atoms with Crippen LogP contribution in [0.5, 0.6) is 5.75 Å². The Morgan fingerprint density at radius 1 is 1.07 bits per heavy atom. The highest BCUT2D eigenvalue weighted by molar-refractivity contribution is 6.30. The maximum absolute atomic E-state index is 13.2. The first-order valence-corrected chi connectivity index (χ1v) is 9.88. The van der Waals surface area contributed by atoms with E-state index in [0.29, 0.717) is 17.2 Å². The van der Waals surface area contributed by atoms with E-state index >= 15 is 0 Å². The van der Waals surface area contributed by atoms with Crippen LogP contribution < -0.4 is 4.74 Å². The average molecular weight is 387 g/mol. The van der Waals surface area contributed by atoms with E-state index in [1.165, 1.54) is 5.56 Å². The summed E-state index contributed by atoms with van der Waals surface area (Å²) < 4.78 is 6.08. The molecule has 2 aromatic rings. The topological polar surface area (TPSA) is 32.8 Å². The third-order valence-corrected chi connectivity index (χ3v) is 5.41. The van der Waals surface area contributed by atoms with E-state index < -0.39 is 5.60 Å². The molecule has 1 fully saturated rings. The summed E-state index contributed by atoms with van der Waals surface area (Å²) in [4.78, 5) is 17.5. The molecule has 4 nitrogen and oxygen atoms in total.